The van der Waals surface area contributed by atoms with Crippen LogP contribution in [0.15, 0.2) is 24.3 Å². The number of aryl methyl sites for hydroxylation is 2. The lowest BCUT2D eigenvalue weighted by atomic mass is 10.1. The van der Waals surface area contributed by atoms with Crippen LogP contribution in [0, 0.1) is 6.92 Å². The zero-order valence-corrected chi connectivity index (χ0v) is 14.2. The Hall–Kier alpha value is -2.54. The highest BCUT2D eigenvalue weighted by Crippen LogP contribution is 2.29. The van der Waals surface area contributed by atoms with Crippen molar-refractivity contribution in [1.82, 2.24) is 9.78 Å². The van der Waals surface area contributed by atoms with Crippen molar-refractivity contribution in [1.29, 1.82) is 0 Å². The second kappa shape index (κ2) is 6.52. The van der Waals surface area contributed by atoms with Crippen molar-refractivity contribution in [3.8, 4) is 11.5 Å². The number of nitrogens with two attached hydrogens (primary N) is 1. The predicted molar refractivity (Wildman–Crippen MR) is 90.3 cm³/mol. The minimum absolute atomic E-state index is 0.105. The molecule has 24 heavy (non-hydrogen) atoms. The largest absolute Gasteiger partial charge is 0.497 e. The molecule has 1 aliphatic heterocycles. The molecule has 2 N–H and O–H groups in total. The Labute approximate surface area is 140 Å². The van der Waals surface area contributed by atoms with Gasteiger partial charge in [-0.15, -0.1) is 0 Å². The van der Waals surface area contributed by atoms with Gasteiger partial charge >= 0.3 is 0 Å². The number of ether oxygens (including phenoxy) is 2. The van der Waals surface area contributed by atoms with Gasteiger partial charge in [0.1, 0.15) is 17.3 Å². The van der Waals surface area contributed by atoms with Gasteiger partial charge in [0.25, 0.3) is 0 Å². The number of fused-ring (bicyclic) bond motifs is 1. The molecular weight excluding hydrogens is 308 g/mol. The fraction of sp³-hybridized carbons (Fsp3) is 0.412. The molecule has 0 saturated heterocycles. The topological polar surface area (TPSA) is 82.6 Å². The SMILES string of the molecule is COc1ccc(CN2C(=O)C(N)CCn3nc(C)cc32)c(OC)c1. The van der Waals surface area contributed by atoms with Crippen molar-refractivity contribution in [2.24, 2.45) is 5.73 Å². The second-order valence-corrected chi connectivity index (χ2v) is 5.86. The van der Waals surface area contributed by atoms with Crippen molar-refractivity contribution in [2.45, 2.75) is 32.5 Å². The third-order valence-corrected chi connectivity index (χ3v) is 4.22. The third-order valence-electron chi connectivity index (χ3n) is 4.22. The van der Waals surface area contributed by atoms with Gasteiger partial charge in [0, 0.05) is 24.2 Å². The number of carbonyl (C=O) groups excluding carboxylic acids is 1. The molecule has 1 atom stereocenters. The van der Waals surface area contributed by atoms with Crippen LogP contribution in [0.4, 0.5) is 5.82 Å². The molecule has 1 aromatic heterocycles. The lowest BCUT2D eigenvalue weighted by molar-refractivity contribution is -0.120. The Balaban J connectivity index is 1.99. The number of amides is 1. The van der Waals surface area contributed by atoms with Crippen molar-refractivity contribution < 1.29 is 14.3 Å². The Morgan fingerprint density at radius 3 is 2.79 bits per heavy atom. The molecule has 1 aliphatic rings. The molecule has 3 rings (SSSR count). The Kier molecular flexibility index (Phi) is 4.44. The summed E-state index contributed by atoms with van der Waals surface area (Å²) in [5.74, 6) is 2.04. The monoisotopic (exact) mass is 330 g/mol. The summed E-state index contributed by atoms with van der Waals surface area (Å²) in [5, 5.41) is 4.46. The van der Waals surface area contributed by atoms with Crippen LogP contribution in [0.25, 0.3) is 0 Å². The van der Waals surface area contributed by atoms with Gasteiger partial charge < -0.3 is 15.2 Å². The Morgan fingerprint density at radius 1 is 1.29 bits per heavy atom. The van der Waals surface area contributed by atoms with Crippen LogP contribution in [-0.2, 0) is 17.9 Å². The summed E-state index contributed by atoms with van der Waals surface area (Å²) >= 11 is 0. The molecule has 7 nitrogen and oxygen atoms in total. The van der Waals surface area contributed by atoms with Gasteiger partial charge in [-0.3, -0.25) is 9.69 Å². The normalized spacial score (nSPS) is 17.4. The fourth-order valence-corrected chi connectivity index (χ4v) is 2.92. The average Bonchev–Trinajstić information content (AvgIpc) is 2.92. The molecule has 1 unspecified atom stereocenters. The van der Waals surface area contributed by atoms with Crippen LogP contribution in [0.3, 0.4) is 0 Å². The van der Waals surface area contributed by atoms with Crippen LogP contribution in [0.2, 0.25) is 0 Å². The highest BCUT2D eigenvalue weighted by atomic mass is 16.5. The zero-order valence-electron chi connectivity index (χ0n) is 14.2. The number of aromatic nitrogens is 2. The van der Waals surface area contributed by atoms with E-state index < -0.39 is 6.04 Å². The van der Waals surface area contributed by atoms with Crippen molar-refractivity contribution in [2.75, 3.05) is 19.1 Å². The number of hydrogen-bond donors (Lipinski definition) is 1. The van der Waals surface area contributed by atoms with E-state index >= 15 is 0 Å². The minimum atomic E-state index is -0.531. The van der Waals surface area contributed by atoms with E-state index in [1.807, 2.05) is 29.8 Å². The number of nitrogens with zero attached hydrogens (tertiary/aromatic N) is 3. The zero-order chi connectivity index (χ0) is 17.3. The van der Waals surface area contributed by atoms with Crippen molar-refractivity contribution in [3.05, 3.63) is 35.5 Å². The molecule has 0 aliphatic carbocycles. The van der Waals surface area contributed by atoms with Crippen LogP contribution < -0.4 is 20.1 Å². The number of hydrogen-bond acceptors (Lipinski definition) is 5. The van der Waals surface area contributed by atoms with E-state index in [4.69, 9.17) is 15.2 Å². The van der Waals surface area contributed by atoms with E-state index in [1.165, 1.54) is 0 Å². The maximum atomic E-state index is 12.7. The van der Waals surface area contributed by atoms with Crippen LogP contribution in [0.1, 0.15) is 17.7 Å². The summed E-state index contributed by atoms with van der Waals surface area (Å²) in [6.45, 7) is 2.91. The number of anilines is 1. The molecule has 0 bridgehead atoms. The van der Waals surface area contributed by atoms with Crippen molar-refractivity contribution in [3.63, 3.8) is 0 Å². The van der Waals surface area contributed by atoms with E-state index in [1.54, 1.807) is 25.2 Å². The number of rotatable bonds is 4. The summed E-state index contributed by atoms with van der Waals surface area (Å²) in [5.41, 5.74) is 7.79. The maximum absolute atomic E-state index is 12.7. The average molecular weight is 330 g/mol. The fourth-order valence-electron chi connectivity index (χ4n) is 2.92. The first kappa shape index (κ1) is 16.3. The van der Waals surface area contributed by atoms with Gasteiger partial charge in [-0.1, -0.05) is 0 Å². The van der Waals surface area contributed by atoms with E-state index in [0.717, 1.165) is 17.1 Å². The Bertz CT molecular complexity index is 756. The Morgan fingerprint density at radius 2 is 2.08 bits per heavy atom. The second-order valence-electron chi connectivity index (χ2n) is 5.86. The first-order valence-corrected chi connectivity index (χ1v) is 7.85. The number of benzene rings is 1. The van der Waals surface area contributed by atoms with E-state index in [9.17, 15) is 4.79 Å². The van der Waals surface area contributed by atoms with Crippen LogP contribution >= 0.6 is 0 Å². The highest BCUT2D eigenvalue weighted by Gasteiger charge is 2.29. The first-order chi connectivity index (χ1) is 11.5. The van der Waals surface area contributed by atoms with Gasteiger partial charge in [-0.05, 0) is 25.5 Å². The number of carbonyl (C=O) groups is 1. The van der Waals surface area contributed by atoms with Gasteiger partial charge in [-0.2, -0.15) is 5.10 Å². The molecule has 0 spiro atoms. The smallest absolute Gasteiger partial charge is 0.245 e. The van der Waals surface area contributed by atoms with E-state index in [0.29, 0.717) is 31.0 Å². The van der Waals surface area contributed by atoms with Gasteiger partial charge in [0.05, 0.1) is 32.5 Å². The summed E-state index contributed by atoms with van der Waals surface area (Å²) in [6.07, 6.45) is 0.573. The maximum Gasteiger partial charge on any atom is 0.245 e. The number of methoxy groups -OCH3 is 2. The third kappa shape index (κ3) is 2.94. The standard InChI is InChI=1S/C17H22N4O3/c1-11-8-16-20(17(22)14(18)6-7-21(16)19-11)10-12-4-5-13(23-2)9-15(12)24-3/h4-5,8-9,14H,6-7,10,18H2,1-3H3. The molecule has 0 fully saturated rings. The molecule has 0 radical (unpaired) electrons. The first-order valence-electron chi connectivity index (χ1n) is 7.85. The van der Waals surface area contributed by atoms with Crippen LogP contribution in [0.5, 0.6) is 11.5 Å². The van der Waals surface area contributed by atoms with Gasteiger partial charge in [-0.25, -0.2) is 4.68 Å². The summed E-state index contributed by atoms with van der Waals surface area (Å²) < 4.78 is 12.5. The molecule has 1 aromatic carbocycles. The predicted octanol–water partition coefficient (Wildman–Crippen LogP) is 1.47. The minimum Gasteiger partial charge on any atom is -0.497 e. The molecule has 0 saturated carbocycles. The lowest BCUT2D eigenvalue weighted by Crippen LogP contribution is -2.42. The molecule has 128 valence electrons. The molecule has 2 heterocycles. The quantitative estimate of drug-likeness (QED) is 0.918. The lowest BCUT2D eigenvalue weighted by Gasteiger charge is -2.23. The summed E-state index contributed by atoms with van der Waals surface area (Å²) in [4.78, 5) is 14.4. The summed E-state index contributed by atoms with van der Waals surface area (Å²) in [7, 11) is 3.20. The highest BCUT2D eigenvalue weighted by molar-refractivity contribution is 5.96. The van der Waals surface area contributed by atoms with E-state index in [2.05, 4.69) is 5.10 Å². The molecule has 2 aromatic rings. The van der Waals surface area contributed by atoms with Crippen molar-refractivity contribution >= 4 is 11.7 Å². The molecular formula is C17H22N4O3. The van der Waals surface area contributed by atoms with E-state index in [-0.39, 0.29) is 5.91 Å². The summed E-state index contributed by atoms with van der Waals surface area (Å²) in [6, 6.07) is 6.93. The van der Waals surface area contributed by atoms with Crippen LogP contribution in [-0.4, -0.2) is 35.9 Å². The van der Waals surface area contributed by atoms with Gasteiger partial charge in [0.15, 0.2) is 0 Å². The molecule has 7 heteroatoms. The van der Waals surface area contributed by atoms with Gasteiger partial charge in [0.2, 0.25) is 5.91 Å². The molecule has 1 amide bonds.